The molecular formula is C17H28N2O2. The zero-order chi connectivity index (χ0) is 15.5. The van der Waals surface area contributed by atoms with Crippen molar-refractivity contribution in [1.29, 1.82) is 0 Å². The zero-order valence-electron chi connectivity index (χ0n) is 13.7. The third kappa shape index (κ3) is 5.20. The molecule has 1 unspecified atom stereocenters. The van der Waals surface area contributed by atoms with E-state index >= 15 is 0 Å². The molecule has 0 aromatic heterocycles. The van der Waals surface area contributed by atoms with Crippen molar-refractivity contribution in [3.05, 3.63) is 23.3 Å². The molecule has 118 valence electrons. The quantitative estimate of drug-likeness (QED) is 0.849. The number of ether oxygens (including phenoxy) is 1. The lowest BCUT2D eigenvalue weighted by atomic mass is 9.88. The maximum absolute atomic E-state index is 11.8. The van der Waals surface area contributed by atoms with Crippen molar-refractivity contribution >= 4 is 6.09 Å². The average Bonchev–Trinajstić information content (AvgIpc) is 2.38. The van der Waals surface area contributed by atoms with E-state index in [9.17, 15) is 4.79 Å². The molecule has 2 aliphatic rings. The first-order valence-corrected chi connectivity index (χ1v) is 7.90. The first-order chi connectivity index (χ1) is 9.83. The first-order valence-electron chi connectivity index (χ1n) is 7.90. The van der Waals surface area contributed by atoms with Gasteiger partial charge in [-0.15, -0.1) is 0 Å². The molecule has 1 atom stereocenters. The second-order valence-corrected chi connectivity index (χ2v) is 7.09. The molecule has 1 amide bonds. The van der Waals surface area contributed by atoms with Crippen LogP contribution in [-0.2, 0) is 4.74 Å². The Bertz CT molecular complexity index is 446. The van der Waals surface area contributed by atoms with E-state index in [1.807, 2.05) is 20.8 Å². The molecule has 2 rings (SSSR count). The third-order valence-corrected chi connectivity index (χ3v) is 3.96. The number of nitrogens with one attached hydrogen (secondary N) is 1. The minimum atomic E-state index is -0.432. The van der Waals surface area contributed by atoms with Gasteiger partial charge < -0.3 is 15.0 Å². The summed E-state index contributed by atoms with van der Waals surface area (Å²) in [4.78, 5) is 14.1. The van der Waals surface area contributed by atoms with Gasteiger partial charge >= 0.3 is 6.09 Å². The normalized spacial score (nSPS) is 24.1. The van der Waals surface area contributed by atoms with Crippen molar-refractivity contribution in [2.24, 2.45) is 0 Å². The molecule has 0 bridgehead atoms. The van der Waals surface area contributed by atoms with Gasteiger partial charge in [-0.05, 0) is 64.6 Å². The van der Waals surface area contributed by atoms with E-state index < -0.39 is 5.60 Å². The Morgan fingerprint density at radius 1 is 1.29 bits per heavy atom. The smallest absolute Gasteiger partial charge is 0.407 e. The number of rotatable bonds is 2. The molecule has 0 radical (unpaired) electrons. The standard InChI is InChI=1S/C17H28N2O2/c1-17(2,3)21-16(20)18-15-7-5-13(6-8-15)14-9-11-19(4)12-10-14/h5,9,15H,6-8,10-12H2,1-4H3,(H,18,20). The number of hydrogen-bond donors (Lipinski definition) is 1. The minimum Gasteiger partial charge on any atom is -0.444 e. The molecule has 0 aromatic carbocycles. The Morgan fingerprint density at radius 3 is 2.52 bits per heavy atom. The molecule has 1 aliphatic carbocycles. The Hall–Kier alpha value is -1.29. The summed E-state index contributed by atoms with van der Waals surface area (Å²) < 4.78 is 5.31. The van der Waals surface area contributed by atoms with Gasteiger partial charge in [0.1, 0.15) is 5.60 Å². The van der Waals surface area contributed by atoms with Crippen LogP contribution in [0.4, 0.5) is 4.79 Å². The van der Waals surface area contributed by atoms with Crippen LogP contribution >= 0.6 is 0 Å². The fourth-order valence-electron chi connectivity index (χ4n) is 2.79. The van der Waals surface area contributed by atoms with Gasteiger partial charge in [0.05, 0.1) is 0 Å². The zero-order valence-corrected chi connectivity index (χ0v) is 13.7. The fraction of sp³-hybridized carbons (Fsp3) is 0.706. The van der Waals surface area contributed by atoms with Crippen LogP contribution in [0.3, 0.4) is 0 Å². The highest BCUT2D eigenvalue weighted by molar-refractivity contribution is 5.68. The lowest BCUT2D eigenvalue weighted by molar-refractivity contribution is 0.0501. The molecule has 1 N–H and O–H groups in total. The second-order valence-electron chi connectivity index (χ2n) is 7.09. The number of hydrogen-bond acceptors (Lipinski definition) is 3. The molecule has 0 saturated carbocycles. The van der Waals surface area contributed by atoms with Crippen molar-refractivity contribution in [2.45, 2.75) is 58.1 Å². The van der Waals surface area contributed by atoms with Crippen molar-refractivity contribution in [3.8, 4) is 0 Å². The van der Waals surface area contributed by atoms with Gasteiger partial charge in [0.25, 0.3) is 0 Å². The van der Waals surface area contributed by atoms with Crippen molar-refractivity contribution in [2.75, 3.05) is 20.1 Å². The van der Waals surface area contributed by atoms with Gasteiger partial charge in [-0.1, -0.05) is 12.2 Å². The summed E-state index contributed by atoms with van der Waals surface area (Å²) in [7, 11) is 2.16. The Kier molecular flexibility index (Phi) is 5.09. The second kappa shape index (κ2) is 6.65. The molecule has 0 fully saturated rings. The highest BCUT2D eigenvalue weighted by atomic mass is 16.6. The van der Waals surface area contributed by atoms with Crippen LogP contribution in [0, 0.1) is 0 Å². The summed E-state index contributed by atoms with van der Waals surface area (Å²) in [5.41, 5.74) is 2.55. The summed E-state index contributed by atoms with van der Waals surface area (Å²) in [6.45, 7) is 7.85. The van der Waals surface area contributed by atoms with Gasteiger partial charge in [0.15, 0.2) is 0 Å². The number of alkyl carbamates (subject to hydrolysis) is 1. The molecule has 0 aromatic rings. The Balaban J connectivity index is 1.83. The van der Waals surface area contributed by atoms with Crippen molar-refractivity contribution in [3.63, 3.8) is 0 Å². The number of amides is 1. The van der Waals surface area contributed by atoms with E-state index in [1.165, 1.54) is 11.1 Å². The SMILES string of the molecule is CN1CC=C(C2=CCC(NC(=O)OC(C)(C)C)CC2)CC1. The summed E-state index contributed by atoms with van der Waals surface area (Å²) in [6, 6.07) is 0.204. The molecule has 1 aliphatic heterocycles. The number of carbonyl (C=O) groups excluding carboxylic acids is 1. The van der Waals surface area contributed by atoms with Crippen LogP contribution in [-0.4, -0.2) is 42.8 Å². The van der Waals surface area contributed by atoms with Gasteiger partial charge in [0, 0.05) is 19.1 Å². The Morgan fingerprint density at radius 2 is 2.00 bits per heavy atom. The summed E-state index contributed by atoms with van der Waals surface area (Å²) >= 11 is 0. The maximum atomic E-state index is 11.8. The van der Waals surface area contributed by atoms with Crippen LogP contribution in [0.25, 0.3) is 0 Å². The predicted molar refractivity (Wildman–Crippen MR) is 85.3 cm³/mol. The molecule has 1 heterocycles. The highest BCUT2D eigenvalue weighted by Gasteiger charge is 2.22. The number of carbonyl (C=O) groups is 1. The molecule has 0 spiro atoms. The van der Waals surface area contributed by atoms with Crippen LogP contribution in [0.15, 0.2) is 23.3 Å². The van der Waals surface area contributed by atoms with Gasteiger partial charge in [-0.2, -0.15) is 0 Å². The highest BCUT2D eigenvalue weighted by Crippen LogP contribution is 2.28. The number of nitrogens with zero attached hydrogens (tertiary/aromatic N) is 1. The van der Waals surface area contributed by atoms with E-state index in [1.54, 1.807) is 0 Å². The summed E-state index contributed by atoms with van der Waals surface area (Å²) in [5.74, 6) is 0. The average molecular weight is 292 g/mol. The van der Waals surface area contributed by atoms with E-state index in [0.29, 0.717) is 0 Å². The monoisotopic (exact) mass is 292 g/mol. The topological polar surface area (TPSA) is 41.6 Å². The van der Waals surface area contributed by atoms with Crippen molar-refractivity contribution < 1.29 is 9.53 Å². The largest absolute Gasteiger partial charge is 0.444 e. The molecule has 21 heavy (non-hydrogen) atoms. The van der Waals surface area contributed by atoms with Gasteiger partial charge in [-0.25, -0.2) is 4.79 Å². The van der Waals surface area contributed by atoms with Crippen LogP contribution in [0.1, 0.15) is 46.5 Å². The fourth-order valence-corrected chi connectivity index (χ4v) is 2.79. The summed E-state index contributed by atoms with van der Waals surface area (Å²) in [5, 5.41) is 2.97. The van der Waals surface area contributed by atoms with E-state index in [4.69, 9.17) is 4.74 Å². The van der Waals surface area contributed by atoms with E-state index in [2.05, 4.69) is 29.4 Å². The first kappa shape index (κ1) is 16.1. The van der Waals surface area contributed by atoms with Crippen LogP contribution in [0.2, 0.25) is 0 Å². The molecule has 4 heteroatoms. The lowest BCUT2D eigenvalue weighted by Crippen LogP contribution is -2.39. The van der Waals surface area contributed by atoms with Gasteiger partial charge in [0.2, 0.25) is 0 Å². The predicted octanol–water partition coefficient (Wildman–Crippen LogP) is 3.25. The van der Waals surface area contributed by atoms with Crippen molar-refractivity contribution in [1.82, 2.24) is 10.2 Å². The van der Waals surface area contributed by atoms with E-state index in [0.717, 1.165) is 38.8 Å². The van der Waals surface area contributed by atoms with E-state index in [-0.39, 0.29) is 12.1 Å². The maximum Gasteiger partial charge on any atom is 0.407 e. The summed E-state index contributed by atoms with van der Waals surface area (Å²) in [6.07, 6.45) is 8.44. The van der Waals surface area contributed by atoms with Crippen LogP contribution < -0.4 is 5.32 Å². The minimum absolute atomic E-state index is 0.204. The third-order valence-electron chi connectivity index (χ3n) is 3.96. The lowest BCUT2D eigenvalue weighted by Gasteiger charge is -2.28. The molecule has 4 nitrogen and oxygen atoms in total. The van der Waals surface area contributed by atoms with Gasteiger partial charge in [-0.3, -0.25) is 0 Å². The number of likely N-dealkylation sites (N-methyl/N-ethyl adjacent to an activating group) is 1. The van der Waals surface area contributed by atoms with Crippen LogP contribution in [0.5, 0.6) is 0 Å². The number of allylic oxidation sites excluding steroid dienone is 1. The molecular weight excluding hydrogens is 264 g/mol. The molecule has 0 saturated heterocycles. The Labute approximate surface area is 128 Å².